The standard InChI is InChI=1S/C13H19FO3/c1-11-10-12(4-5-13(11)14)17-9-8-16-7-3-6-15-2/h4-5,10H,3,6-9H2,1-2H3. The van der Waals surface area contributed by atoms with Gasteiger partial charge in [0.15, 0.2) is 0 Å². The molecule has 0 fully saturated rings. The smallest absolute Gasteiger partial charge is 0.126 e. The first kappa shape index (κ1) is 13.9. The second-order valence-electron chi connectivity index (χ2n) is 3.72. The van der Waals surface area contributed by atoms with Crippen molar-refractivity contribution >= 4 is 0 Å². The van der Waals surface area contributed by atoms with Gasteiger partial charge in [-0.3, -0.25) is 0 Å². The van der Waals surface area contributed by atoms with Crippen molar-refractivity contribution in [3.05, 3.63) is 29.6 Å². The van der Waals surface area contributed by atoms with Crippen molar-refractivity contribution in [3.63, 3.8) is 0 Å². The molecule has 4 heteroatoms. The minimum Gasteiger partial charge on any atom is -0.491 e. The molecule has 17 heavy (non-hydrogen) atoms. The summed E-state index contributed by atoms with van der Waals surface area (Å²) < 4.78 is 28.6. The highest BCUT2D eigenvalue weighted by atomic mass is 19.1. The van der Waals surface area contributed by atoms with Crippen LogP contribution >= 0.6 is 0 Å². The summed E-state index contributed by atoms with van der Waals surface area (Å²) in [6.45, 7) is 4.08. The summed E-state index contributed by atoms with van der Waals surface area (Å²) >= 11 is 0. The van der Waals surface area contributed by atoms with E-state index in [-0.39, 0.29) is 5.82 Å². The van der Waals surface area contributed by atoms with Crippen LogP contribution in [0.25, 0.3) is 0 Å². The van der Waals surface area contributed by atoms with E-state index in [2.05, 4.69) is 0 Å². The van der Waals surface area contributed by atoms with Crippen LogP contribution < -0.4 is 4.74 Å². The van der Waals surface area contributed by atoms with Gasteiger partial charge in [-0.05, 0) is 37.1 Å². The number of benzene rings is 1. The molecule has 0 saturated carbocycles. The van der Waals surface area contributed by atoms with Crippen molar-refractivity contribution in [1.29, 1.82) is 0 Å². The van der Waals surface area contributed by atoms with Gasteiger partial charge < -0.3 is 14.2 Å². The highest BCUT2D eigenvalue weighted by molar-refractivity contribution is 5.28. The molecule has 0 saturated heterocycles. The predicted molar refractivity (Wildman–Crippen MR) is 63.9 cm³/mol. The summed E-state index contributed by atoms with van der Waals surface area (Å²) in [5.74, 6) is 0.456. The maximum atomic E-state index is 13.0. The molecule has 0 unspecified atom stereocenters. The zero-order valence-corrected chi connectivity index (χ0v) is 10.4. The number of rotatable bonds is 8. The first-order valence-corrected chi connectivity index (χ1v) is 5.69. The van der Waals surface area contributed by atoms with Gasteiger partial charge in [0, 0.05) is 20.3 Å². The molecule has 0 bridgehead atoms. The molecule has 1 rings (SSSR count). The summed E-state index contributed by atoms with van der Waals surface area (Å²) in [4.78, 5) is 0. The highest BCUT2D eigenvalue weighted by Gasteiger charge is 1.99. The van der Waals surface area contributed by atoms with Gasteiger partial charge in [0.1, 0.15) is 18.2 Å². The molecule has 0 amide bonds. The fourth-order valence-corrected chi connectivity index (χ4v) is 1.33. The van der Waals surface area contributed by atoms with E-state index in [1.807, 2.05) is 0 Å². The normalized spacial score (nSPS) is 10.5. The van der Waals surface area contributed by atoms with Crippen LogP contribution in [0.2, 0.25) is 0 Å². The maximum Gasteiger partial charge on any atom is 0.126 e. The highest BCUT2D eigenvalue weighted by Crippen LogP contribution is 2.15. The molecule has 0 atom stereocenters. The Morgan fingerprint density at radius 3 is 2.65 bits per heavy atom. The number of methoxy groups -OCH3 is 1. The molecule has 0 aliphatic carbocycles. The fraction of sp³-hybridized carbons (Fsp3) is 0.538. The minimum absolute atomic E-state index is 0.215. The lowest BCUT2D eigenvalue weighted by molar-refractivity contribution is 0.0806. The molecule has 0 heterocycles. The second-order valence-corrected chi connectivity index (χ2v) is 3.72. The molecule has 0 spiro atoms. The summed E-state index contributed by atoms with van der Waals surface area (Å²) in [7, 11) is 1.67. The van der Waals surface area contributed by atoms with Crippen molar-refractivity contribution in [2.45, 2.75) is 13.3 Å². The lowest BCUT2D eigenvalue weighted by Crippen LogP contribution is -2.08. The number of aryl methyl sites for hydroxylation is 1. The number of hydrogen-bond donors (Lipinski definition) is 0. The predicted octanol–water partition coefficient (Wildman–Crippen LogP) is 2.57. The molecule has 96 valence electrons. The van der Waals surface area contributed by atoms with Crippen molar-refractivity contribution < 1.29 is 18.6 Å². The Balaban J connectivity index is 2.11. The molecule has 0 aliphatic heterocycles. The largest absolute Gasteiger partial charge is 0.491 e. The van der Waals surface area contributed by atoms with Gasteiger partial charge in [0.25, 0.3) is 0 Å². The van der Waals surface area contributed by atoms with Crippen molar-refractivity contribution in [3.8, 4) is 5.75 Å². The number of ether oxygens (including phenoxy) is 3. The monoisotopic (exact) mass is 242 g/mol. The Morgan fingerprint density at radius 2 is 1.94 bits per heavy atom. The molecular formula is C13H19FO3. The molecule has 3 nitrogen and oxygen atoms in total. The molecule has 0 aromatic heterocycles. The summed E-state index contributed by atoms with van der Waals surface area (Å²) in [5, 5.41) is 0. The van der Waals surface area contributed by atoms with Crippen LogP contribution in [0.4, 0.5) is 4.39 Å². The van der Waals surface area contributed by atoms with Gasteiger partial charge >= 0.3 is 0 Å². The van der Waals surface area contributed by atoms with Crippen LogP contribution in [-0.2, 0) is 9.47 Å². The third-order valence-electron chi connectivity index (χ3n) is 2.26. The Kier molecular flexibility index (Phi) is 6.58. The van der Waals surface area contributed by atoms with Gasteiger partial charge in [-0.2, -0.15) is 0 Å². The van der Waals surface area contributed by atoms with Crippen LogP contribution in [0.5, 0.6) is 5.75 Å². The van der Waals surface area contributed by atoms with Crippen LogP contribution in [0.3, 0.4) is 0 Å². The van der Waals surface area contributed by atoms with E-state index in [9.17, 15) is 4.39 Å². The van der Waals surface area contributed by atoms with Crippen LogP contribution in [0.1, 0.15) is 12.0 Å². The second kappa shape index (κ2) is 8.03. The zero-order chi connectivity index (χ0) is 12.5. The zero-order valence-electron chi connectivity index (χ0n) is 10.4. The van der Waals surface area contributed by atoms with E-state index in [0.29, 0.717) is 37.7 Å². The molecule has 0 aliphatic rings. The van der Waals surface area contributed by atoms with E-state index < -0.39 is 0 Å². The van der Waals surface area contributed by atoms with E-state index in [1.54, 1.807) is 26.2 Å². The Hall–Kier alpha value is -1.13. The van der Waals surface area contributed by atoms with Gasteiger partial charge in [-0.25, -0.2) is 4.39 Å². The van der Waals surface area contributed by atoms with Crippen LogP contribution in [0.15, 0.2) is 18.2 Å². The first-order chi connectivity index (χ1) is 8.24. The van der Waals surface area contributed by atoms with Gasteiger partial charge in [0.05, 0.1) is 6.61 Å². The van der Waals surface area contributed by atoms with E-state index in [0.717, 1.165) is 6.42 Å². The molecule has 0 radical (unpaired) electrons. The van der Waals surface area contributed by atoms with E-state index in [1.165, 1.54) is 6.07 Å². The topological polar surface area (TPSA) is 27.7 Å². The summed E-state index contributed by atoms with van der Waals surface area (Å²) in [6, 6.07) is 4.71. The lowest BCUT2D eigenvalue weighted by Gasteiger charge is -2.08. The SMILES string of the molecule is COCCCOCCOc1ccc(F)c(C)c1. The summed E-state index contributed by atoms with van der Waals surface area (Å²) in [5.41, 5.74) is 0.587. The number of halogens is 1. The molecular weight excluding hydrogens is 223 g/mol. The van der Waals surface area contributed by atoms with Crippen molar-refractivity contribution in [2.75, 3.05) is 33.5 Å². The molecule has 1 aromatic carbocycles. The van der Waals surface area contributed by atoms with E-state index in [4.69, 9.17) is 14.2 Å². The van der Waals surface area contributed by atoms with Gasteiger partial charge in [0.2, 0.25) is 0 Å². The first-order valence-electron chi connectivity index (χ1n) is 5.69. The van der Waals surface area contributed by atoms with Crippen LogP contribution in [0, 0.1) is 12.7 Å². The average Bonchev–Trinajstić information content (AvgIpc) is 2.32. The maximum absolute atomic E-state index is 13.0. The molecule has 0 N–H and O–H groups in total. The van der Waals surface area contributed by atoms with Crippen LogP contribution in [-0.4, -0.2) is 33.5 Å². The Labute approximate surface area is 101 Å². The van der Waals surface area contributed by atoms with Gasteiger partial charge in [-0.1, -0.05) is 0 Å². The third-order valence-corrected chi connectivity index (χ3v) is 2.26. The fourth-order valence-electron chi connectivity index (χ4n) is 1.33. The van der Waals surface area contributed by atoms with Gasteiger partial charge in [-0.15, -0.1) is 0 Å². The Bertz CT molecular complexity index is 328. The number of hydrogen-bond acceptors (Lipinski definition) is 3. The lowest BCUT2D eigenvalue weighted by atomic mass is 10.2. The minimum atomic E-state index is -0.215. The average molecular weight is 242 g/mol. The summed E-state index contributed by atoms with van der Waals surface area (Å²) in [6.07, 6.45) is 0.881. The van der Waals surface area contributed by atoms with Crippen molar-refractivity contribution in [1.82, 2.24) is 0 Å². The molecule has 1 aromatic rings. The van der Waals surface area contributed by atoms with E-state index >= 15 is 0 Å². The van der Waals surface area contributed by atoms with Crippen molar-refractivity contribution in [2.24, 2.45) is 0 Å². The Morgan fingerprint density at radius 1 is 1.12 bits per heavy atom. The quantitative estimate of drug-likeness (QED) is 0.656. The third kappa shape index (κ3) is 5.65.